The van der Waals surface area contributed by atoms with Gasteiger partial charge in [-0.1, -0.05) is 68.3 Å². The molecule has 0 N–H and O–H groups in total. The summed E-state index contributed by atoms with van der Waals surface area (Å²) in [6, 6.07) is 29.4. The van der Waals surface area contributed by atoms with Crippen molar-refractivity contribution < 1.29 is 38.1 Å². The maximum atomic E-state index is 14.5. The molecule has 0 saturated carbocycles. The van der Waals surface area contributed by atoms with Gasteiger partial charge in [0.2, 0.25) is 0 Å². The lowest BCUT2D eigenvalue weighted by atomic mass is 9.72. The molecule has 0 radical (unpaired) electrons. The summed E-state index contributed by atoms with van der Waals surface area (Å²) in [4.78, 5) is 83.1. The second-order valence-corrected chi connectivity index (χ2v) is 15.3. The number of nitrogens with zero attached hydrogens (tertiary/aromatic N) is 2. The minimum Gasteiger partial charge on any atom is -0.459 e. The number of aromatic nitrogens is 2. The molecule has 1 fully saturated rings. The van der Waals surface area contributed by atoms with Crippen LogP contribution in [0.25, 0.3) is 0 Å². The van der Waals surface area contributed by atoms with Gasteiger partial charge in [-0.2, -0.15) is 4.57 Å². The number of ether oxygens (including phenoxy) is 4. The summed E-state index contributed by atoms with van der Waals surface area (Å²) >= 11 is 6.65. The van der Waals surface area contributed by atoms with E-state index >= 15 is 0 Å². The quantitative estimate of drug-likeness (QED) is 0.115. The average Bonchev–Trinajstić information content (AvgIpc) is 3.29. The Bertz CT molecular complexity index is 2400. The van der Waals surface area contributed by atoms with E-state index in [4.69, 9.17) is 18.9 Å². The fourth-order valence-corrected chi connectivity index (χ4v) is 7.17. The number of carbonyl (C=O) groups excluding carboxylic acids is 4. The highest BCUT2D eigenvalue weighted by Gasteiger charge is 2.79. The highest BCUT2D eigenvalue weighted by atomic mass is 79.9. The molecule has 4 atom stereocenters. The highest BCUT2D eigenvalue weighted by molar-refractivity contribution is 9.10. The predicted octanol–water partition coefficient (Wildman–Crippen LogP) is 6.77. The van der Waals surface area contributed by atoms with Crippen LogP contribution in [0.3, 0.4) is 0 Å². The maximum Gasteiger partial charge on any atom is 0.340 e. The van der Waals surface area contributed by atoms with Crippen LogP contribution in [0, 0.1) is 0 Å². The molecule has 4 unspecified atom stereocenters. The molecule has 5 aromatic rings. The fraction of sp³-hybridized carbons (Fsp3) is 0.220. The summed E-state index contributed by atoms with van der Waals surface area (Å²) in [7, 11) is 0. The van der Waals surface area contributed by atoms with E-state index in [1.165, 1.54) is 64.1 Å². The first-order valence-corrected chi connectivity index (χ1v) is 18.5. The molecular weight excluding hydrogens is 840 g/mol. The Hall–Kier alpha value is -5.44. The summed E-state index contributed by atoms with van der Waals surface area (Å²) in [5.74, 6) is -3.43. The zero-order valence-electron chi connectivity index (χ0n) is 30.0. The number of halogens is 2. The van der Waals surface area contributed by atoms with E-state index in [1.807, 2.05) is 0 Å². The monoisotopic (exact) mass is 872 g/mol. The van der Waals surface area contributed by atoms with Gasteiger partial charge in [0.25, 0.3) is 11.5 Å². The van der Waals surface area contributed by atoms with Gasteiger partial charge in [-0.3, -0.25) is 14.2 Å². The van der Waals surface area contributed by atoms with Crippen LogP contribution in [0.2, 0.25) is 0 Å². The zero-order valence-corrected chi connectivity index (χ0v) is 33.2. The van der Waals surface area contributed by atoms with Gasteiger partial charge in [-0.05, 0) is 100 Å². The molecule has 6 rings (SSSR count). The van der Waals surface area contributed by atoms with Crippen LogP contribution in [0.4, 0.5) is 0 Å². The number of rotatable bonds is 9. The molecule has 1 saturated heterocycles. The van der Waals surface area contributed by atoms with Crippen LogP contribution >= 0.6 is 31.9 Å². The van der Waals surface area contributed by atoms with Gasteiger partial charge in [0.1, 0.15) is 12.2 Å². The van der Waals surface area contributed by atoms with Crippen molar-refractivity contribution in [1.29, 1.82) is 0 Å². The summed E-state index contributed by atoms with van der Waals surface area (Å²) in [6.07, 6.45) is 1.10. The maximum absolute atomic E-state index is 14.5. The minimum absolute atomic E-state index is 0.0298. The van der Waals surface area contributed by atoms with E-state index in [1.54, 1.807) is 72.8 Å². The first-order valence-electron chi connectivity index (χ1n) is 16.9. The summed E-state index contributed by atoms with van der Waals surface area (Å²) in [5, 5.41) is 0. The molecule has 14 heteroatoms. The van der Waals surface area contributed by atoms with E-state index in [2.05, 4.69) is 31.9 Å². The van der Waals surface area contributed by atoms with Crippen LogP contribution in [0.1, 0.15) is 69.1 Å². The third-order valence-electron chi connectivity index (χ3n) is 10.1. The molecule has 1 aliphatic rings. The third-order valence-corrected chi connectivity index (χ3v) is 11.2. The van der Waals surface area contributed by atoms with Crippen molar-refractivity contribution in [2.75, 3.05) is 6.61 Å². The molecule has 0 amide bonds. The molecule has 1 aromatic heterocycles. The molecule has 0 spiro atoms. The lowest BCUT2D eigenvalue weighted by Crippen LogP contribution is -2.68. The highest BCUT2D eigenvalue weighted by Crippen LogP contribution is 2.58. The Balaban J connectivity index is 1.56. The second-order valence-electron chi connectivity index (χ2n) is 13.4. The second kappa shape index (κ2) is 15.0. The molecule has 12 nitrogen and oxygen atoms in total. The van der Waals surface area contributed by atoms with E-state index in [9.17, 15) is 28.8 Å². The topological polar surface area (TPSA) is 149 Å². The summed E-state index contributed by atoms with van der Waals surface area (Å²) < 4.78 is 28.1. The number of esters is 3. The molecule has 4 aromatic carbocycles. The van der Waals surface area contributed by atoms with Crippen molar-refractivity contribution in [2.24, 2.45) is 0 Å². The smallest absolute Gasteiger partial charge is 0.340 e. The molecule has 0 aliphatic carbocycles. The summed E-state index contributed by atoms with van der Waals surface area (Å²) in [6.45, 7) is 5.13. The van der Waals surface area contributed by atoms with Crippen LogP contribution in [-0.4, -0.2) is 56.4 Å². The number of carbonyl (C=O) groups is 4. The van der Waals surface area contributed by atoms with Crippen molar-refractivity contribution in [3.8, 4) is 0 Å². The molecular formula is C41H34Br2N2O10. The zero-order chi connectivity index (χ0) is 39.8. The SMILES string of the molecule is CC1(COC(=O)c2ccc(Br)cc2)OC(C)(n2ccc(=O)n(C(=O)c3ccc(Br)cc3)c2=O)C(C)(OC(=O)c2ccccc2)C1(C)OC(=O)c1ccccc1. The van der Waals surface area contributed by atoms with Crippen LogP contribution in [-0.2, 0) is 24.7 Å². The molecule has 55 heavy (non-hydrogen) atoms. The number of benzene rings is 4. The summed E-state index contributed by atoms with van der Waals surface area (Å²) in [5.41, 5.74) is -10.00. The normalized spacial score (nSPS) is 23.1. The van der Waals surface area contributed by atoms with E-state index < -0.39 is 64.2 Å². The Morgan fingerprint density at radius 2 is 1.05 bits per heavy atom. The Morgan fingerprint density at radius 1 is 0.600 bits per heavy atom. The van der Waals surface area contributed by atoms with Gasteiger partial charge in [0.15, 0.2) is 16.9 Å². The Morgan fingerprint density at radius 3 is 1.56 bits per heavy atom. The van der Waals surface area contributed by atoms with Gasteiger partial charge in [-0.25, -0.2) is 19.2 Å². The van der Waals surface area contributed by atoms with Gasteiger partial charge in [-0.15, -0.1) is 0 Å². The average molecular weight is 875 g/mol. The van der Waals surface area contributed by atoms with E-state index in [0.717, 1.165) is 21.3 Å². The van der Waals surface area contributed by atoms with Crippen LogP contribution in [0.5, 0.6) is 0 Å². The van der Waals surface area contributed by atoms with Gasteiger partial charge in [0, 0.05) is 26.8 Å². The van der Waals surface area contributed by atoms with Gasteiger partial charge >= 0.3 is 23.6 Å². The van der Waals surface area contributed by atoms with E-state index in [-0.39, 0.29) is 22.3 Å². The lowest BCUT2D eigenvalue weighted by molar-refractivity contribution is -0.198. The molecule has 2 heterocycles. The van der Waals surface area contributed by atoms with Crippen molar-refractivity contribution in [3.05, 3.63) is 173 Å². The lowest BCUT2D eigenvalue weighted by Gasteiger charge is -2.47. The number of hydrogen-bond donors (Lipinski definition) is 0. The Labute approximate surface area is 331 Å². The fourth-order valence-electron chi connectivity index (χ4n) is 6.65. The minimum atomic E-state index is -2.19. The van der Waals surface area contributed by atoms with E-state index in [0.29, 0.717) is 9.04 Å². The van der Waals surface area contributed by atoms with Crippen molar-refractivity contribution in [2.45, 2.75) is 50.2 Å². The molecule has 0 bridgehead atoms. The van der Waals surface area contributed by atoms with Gasteiger partial charge in [0.05, 0.1) is 16.7 Å². The predicted molar refractivity (Wildman–Crippen MR) is 207 cm³/mol. The molecule has 282 valence electrons. The first kappa shape index (κ1) is 39.3. The first-order chi connectivity index (χ1) is 26.0. The van der Waals surface area contributed by atoms with Crippen molar-refractivity contribution in [3.63, 3.8) is 0 Å². The van der Waals surface area contributed by atoms with Crippen molar-refractivity contribution in [1.82, 2.24) is 9.13 Å². The third kappa shape index (κ3) is 7.01. The van der Waals surface area contributed by atoms with Crippen molar-refractivity contribution >= 4 is 55.7 Å². The van der Waals surface area contributed by atoms with Crippen LogP contribution < -0.4 is 11.2 Å². The molecule has 1 aliphatic heterocycles. The Kier molecular flexibility index (Phi) is 10.7. The standard InChI is InChI=1S/C41H34Br2N2O10/c1-38(25-52-34(48)29-17-21-31(43)22-18-29)39(2,53-35(49)27-11-7-5-8-12-27)40(3,54-36(50)28-13-9-6-10-14-28)41(4,55-38)44-24-23-32(46)45(37(44)51)33(47)26-15-19-30(42)20-16-26/h5-24H,25H2,1-4H3. The van der Waals surface area contributed by atoms with Crippen LogP contribution in [0.15, 0.2) is 140 Å². The largest absolute Gasteiger partial charge is 0.459 e. The van der Waals surface area contributed by atoms with Gasteiger partial charge < -0.3 is 18.9 Å². The number of hydrogen-bond acceptors (Lipinski definition) is 10.